The van der Waals surface area contributed by atoms with Gasteiger partial charge in [-0.1, -0.05) is 20.8 Å². The van der Waals surface area contributed by atoms with E-state index in [0.717, 1.165) is 0 Å². The van der Waals surface area contributed by atoms with Gasteiger partial charge in [-0.05, 0) is 23.8 Å². The Labute approximate surface area is 123 Å². The SMILES string of the molecule is CSCCC(NC(N)=O)C(=O)NC(C(=O)O)C(C)(C)C. The third kappa shape index (κ3) is 6.65. The van der Waals surface area contributed by atoms with Gasteiger partial charge in [0, 0.05) is 0 Å². The molecule has 2 unspecified atom stereocenters. The number of hydrogen-bond donors (Lipinski definition) is 4. The summed E-state index contributed by atoms with van der Waals surface area (Å²) in [5.74, 6) is -1.01. The van der Waals surface area contributed by atoms with Crippen LogP contribution in [0.25, 0.3) is 0 Å². The predicted octanol–water partition coefficient (Wildman–Crippen LogP) is 0.392. The quantitative estimate of drug-likeness (QED) is 0.542. The Hall–Kier alpha value is -1.44. The van der Waals surface area contributed by atoms with Crippen LogP contribution in [0.4, 0.5) is 4.79 Å². The fraction of sp³-hybridized carbons (Fsp3) is 0.750. The molecule has 3 amide bonds. The van der Waals surface area contributed by atoms with Crippen molar-refractivity contribution < 1.29 is 19.5 Å². The van der Waals surface area contributed by atoms with Crippen LogP contribution in [0.1, 0.15) is 27.2 Å². The molecule has 8 heteroatoms. The van der Waals surface area contributed by atoms with Crippen LogP contribution in [-0.4, -0.2) is 47.1 Å². The molecule has 0 bridgehead atoms. The number of rotatable bonds is 7. The molecule has 0 aromatic rings. The van der Waals surface area contributed by atoms with E-state index >= 15 is 0 Å². The molecule has 0 spiro atoms. The zero-order chi connectivity index (χ0) is 15.9. The van der Waals surface area contributed by atoms with Gasteiger partial charge in [0.15, 0.2) is 0 Å². The second-order valence-electron chi connectivity index (χ2n) is 5.49. The van der Waals surface area contributed by atoms with Crippen LogP contribution in [0.5, 0.6) is 0 Å². The molecule has 0 radical (unpaired) electrons. The van der Waals surface area contributed by atoms with Crippen LogP contribution in [0.2, 0.25) is 0 Å². The molecule has 0 saturated carbocycles. The summed E-state index contributed by atoms with van der Waals surface area (Å²) in [5, 5.41) is 14.0. The first-order valence-electron chi connectivity index (χ1n) is 6.17. The first-order chi connectivity index (χ1) is 9.09. The fourth-order valence-electron chi connectivity index (χ4n) is 1.57. The zero-order valence-electron chi connectivity index (χ0n) is 12.2. The molecule has 0 aliphatic rings. The molecule has 5 N–H and O–H groups in total. The van der Waals surface area contributed by atoms with E-state index in [0.29, 0.717) is 12.2 Å². The second kappa shape index (κ2) is 7.98. The Morgan fingerprint density at radius 2 is 1.80 bits per heavy atom. The zero-order valence-corrected chi connectivity index (χ0v) is 13.0. The highest BCUT2D eigenvalue weighted by Gasteiger charge is 2.34. The number of thioether (sulfide) groups is 1. The first kappa shape index (κ1) is 18.6. The van der Waals surface area contributed by atoms with Gasteiger partial charge in [-0.25, -0.2) is 9.59 Å². The van der Waals surface area contributed by atoms with Crippen molar-refractivity contribution in [3.8, 4) is 0 Å². The number of amides is 3. The summed E-state index contributed by atoms with van der Waals surface area (Å²) < 4.78 is 0. The van der Waals surface area contributed by atoms with Gasteiger partial charge >= 0.3 is 12.0 Å². The molecule has 7 nitrogen and oxygen atoms in total. The minimum absolute atomic E-state index is 0.381. The number of nitrogens with two attached hydrogens (primary N) is 1. The van der Waals surface area contributed by atoms with Gasteiger partial charge in [0.2, 0.25) is 5.91 Å². The highest BCUT2D eigenvalue weighted by molar-refractivity contribution is 7.98. The maximum atomic E-state index is 12.1. The summed E-state index contributed by atoms with van der Waals surface area (Å²) in [4.78, 5) is 34.2. The number of carboxylic acid groups (broad SMARTS) is 1. The van der Waals surface area contributed by atoms with E-state index in [1.165, 1.54) is 11.8 Å². The molecule has 0 aliphatic heterocycles. The van der Waals surface area contributed by atoms with Gasteiger partial charge in [0.05, 0.1) is 0 Å². The lowest BCUT2D eigenvalue weighted by molar-refractivity contribution is -0.145. The van der Waals surface area contributed by atoms with Crippen molar-refractivity contribution in [3.05, 3.63) is 0 Å². The third-order valence-corrected chi connectivity index (χ3v) is 3.29. The van der Waals surface area contributed by atoms with E-state index in [9.17, 15) is 14.4 Å². The topological polar surface area (TPSA) is 122 Å². The molecule has 0 rings (SSSR count). The molecular weight excluding hydrogens is 282 g/mol. The number of hydrogen-bond acceptors (Lipinski definition) is 4. The lowest BCUT2D eigenvalue weighted by atomic mass is 9.86. The average Bonchev–Trinajstić information content (AvgIpc) is 2.28. The summed E-state index contributed by atoms with van der Waals surface area (Å²) >= 11 is 1.52. The van der Waals surface area contributed by atoms with E-state index in [2.05, 4.69) is 10.6 Å². The number of aliphatic carboxylic acids is 1. The second-order valence-corrected chi connectivity index (χ2v) is 6.47. The highest BCUT2D eigenvalue weighted by Crippen LogP contribution is 2.19. The normalized spacial score (nSPS) is 14.2. The predicted molar refractivity (Wildman–Crippen MR) is 78.5 cm³/mol. The van der Waals surface area contributed by atoms with Crippen LogP contribution < -0.4 is 16.4 Å². The van der Waals surface area contributed by atoms with Crippen molar-refractivity contribution in [2.75, 3.05) is 12.0 Å². The summed E-state index contributed by atoms with van der Waals surface area (Å²) in [5.41, 5.74) is 4.39. The van der Waals surface area contributed by atoms with E-state index in [-0.39, 0.29) is 0 Å². The minimum Gasteiger partial charge on any atom is -0.480 e. The fourth-order valence-corrected chi connectivity index (χ4v) is 2.04. The molecule has 0 aromatic heterocycles. The van der Waals surface area contributed by atoms with Crippen molar-refractivity contribution in [2.45, 2.75) is 39.3 Å². The summed E-state index contributed by atoms with van der Waals surface area (Å²) in [6.45, 7) is 5.14. The van der Waals surface area contributed by atoms with Crippen LogP contribution >= 0.6 is 11.8 Å². The molecule has 0 saturated heterocycles. The maximum Gasteiger partial charge on any atom is 0.326 e. The number of nitrogens with one attached hydrogen (secondary N) is 2. The molecule has 0 fully saturated rings. The maximum absolute atomic E-state index is 12.1. The van der Waals surface area contributed by atoms with Crippen molar-refractivity contribution in [1.82, 2.24) is 10.6 Å². The smallest absolute Gasteiger partial charge is 0.326 e. The molecular formula is C12H23N3O4S. The van der Waals surface area contributed by atoms with E-state index in [1.54, 1.807) is 20.8 Å². The highest BCUT2D eigenvalue weighted by atomic mass is 32.2. The van der Waals surface area contributed by atoms with Crippen molar-refractivity contribution in [1.29, 1.82) is 0 Å². The average molecular weight is 305 g/mol. The monoisotopic (exact) mass is 305 g/mol. The number of carboxylic acids is 1. The van der Waals surface area contributed by atoms with Crippen LogP contribution in [0, 0.1) is 5.41 Å². The largest absolute Gasteiger partial charge is 0.480 e. The van der Waals surface area contributed by atoms with Gasteiger partial charge in [0.25, 0.3) is 0 Å². The van der Waals surface area contributed by atoms with E-state index in [1.807, 2.05) is 6.26 Å². The molecule has 116 valence electrons. The molecule has 0 aromatic carbocycles. The van der Waals surface area contributed by atoms with Gasteiger partial charge in [-0.15, -0.1) is 0 Å². The number of urea groups is 1. The number of primary amides is 1. The molecule has 20 heavy (non-hydrogen) atoms. The molecule has 0 heterocycles. The molecule has 0 aliphatic carbocycles. The Kier molecular flexibility index (Phi) is 7.41. The lowest BCUT2D eigenvalue weighted by Crippen LogP contribution is -2.56. The summed E-state index contributed by atoms with van der Waals surface area (Å²) in [6.07, 6.45) is 2.25. The Bertz CT molecular complexity index is 368. The van der Waals surface area contributed by atoms with E-state index in [4.69, 9.17) is 10.8 Å². The summed E-state index contributed by atoms with van der Waals surface area (Å²) in [6, 6.07) is -2.68. The standard InChI is InChI=1S/C12H23N3O4S/c1-12(2,3)8(10(17)18)15-9(16)7(5-6-20-4)14-11(13)19/h7-8H,5-6H2,1-4H3,(H,15,16)(H,17,18)(H3,13,14,19). The van der Waals surface area contributed by atoms with Gasteiger partial charge in [-0.2, -0.15) is 11.8 Å². The summed E-state index contributed by atoms with van der Waals surface area (Å²) in [7, 11) is 0. The number of carbonyl (C=O) groups is 3. The minimum atomic E-state index is -1.12. The van der Waals surface area contributed by atoms with Crippen LogP contribution in [0.15, 0.2) is 0 Å². The Morgan fingerprint density at radius 3 is 2.15 bits per heavy atom. The van der Waals surface area contributed by atoms with Crippen LogP contribution in [-0.2, 0) is 9.59 Å². The van der Waals surface area contributed by atoms with Gasteiger partial charge in [0.1, 0.15) is 12.1 Å². The lowest BCUT2D eigenvalue weighted by Gasteiger charge is -2.29. The van der Waals surface area contributed by atoms with Gasteiger partial charge in [-0.3, -0.25) is 4.79 Å². The van der Waals surface area contributed by atoms with Crippen LogP contribution in [0.3, 0.4) is 0 Å². The Morgan fingerprint density at radius 1 is 1.25 bits per heavy atom. The van der Waals surface area contributed by atoms with E-state index < -0.39 is 35.4 Å². The van der Waals surface area contributed by atoms with Crippen molar-refractivity contribution in [2.24, 2.45) is 11.1 Å². The molecule has 2 atom stereocenters. The van der Waals surface area contributed by atoms with Gasteiger partial charge < -0.3 is 21.5 Å². The first-order valence-corrected chi connectivity index (χ1v) is 7.57. The number of carbonyl (C=O) groups excluding carboxylic acids is 2. The van der Waals surface area contributed by atoms with Crippen molar-refractivity contribution in [3.63, 3.8) is 0 Å². The van der Waals surface area contributed by atoms with Crippen molar-refractivity contribution >= 4 is 29.7 Å². The Balaban J connectivity index is 4.87. The third-order valence-electron chi connectivity index (χ3n) is 2.64.